The van der Waals surface area contributed by atoms with Crippen LogP contribution in [0.25, 0.3) is 0 Å². The maximum Gasteiger partial charge on any atom is 0.166 e. The number of aliphatic hydroxyl groups is 1. The van der Waals surface area contributed by atoms with E-state index in [-0.39, 0.29) is 0 Å². The lowest BCUT2D eigenvalue weighted by Crippen LogP contribution is -2.20. The maximum absolute atomic E-state index is 9.46. The summed E-state index contributed by atoms with van der Waals surface area (Å²) in [7, 11) is 0. The summed E-state index contributed by atoms with van der Waals surface area (Å²) in [5.41, 5.74) is -0.920. The van der Waals surface area contributed by atoms with Crippen LogP contribution in [-0.2, 0) is 5.60 Å². The molecule has 1 rings (SSSR count). The van der Waals surface area contributed by atoms with Gasteiger partial charge in [0.2, 0.25) is 0 Å². The zero-order valence-electron chi connectivity index (χ0n) is 6.15. The Balaban J connectivity index is 3.05. The van der Waals surface area contributed by atoms with E-state index in [1.165, 1.54) is 13.1 Å². The Morgan fingerprint density at radius 1 is 1.73 bits per heavy atom. The Hall–Kier alpha value is -1.40. The molecule has 0 aliphatic heterocycles. The largest absolute Gasteiger partial charge is 0.372 e. The van der Waals surface area contributed by atoms with Crippen molar-refractivity contribution in [2.24, 2.45) is 0 Å². The number of nitrogens with zero attached hydrogens (tertiary/aromatic N) is 2. The van der Waals surface area contributed by atoms with Crippen molar-refractivity contribution in [2.75, 3.05) is 0 Å². The van der Waals surface area contributed by atoms with Crippen molar-refractivity contribution in [2.45, 2.75) is 12.5 Å². The van der Waals surface area contributed by atoms with Crippen LogP contribution >= 0.6 is 0 Å². The van der Waals surface area contributed by atoms with E-state index < -0.39 is 5.60 Å². The van der Waals surface area contributed by atoms with E-state index in [1.807, 2.05) is 0 Å². The second-order valence-corrected chi connectivity index (χ2v) is 2.33. The molecule has 1 atom stereocenters. The molecule has 56 valence electrons. The predicted octanol–water partition coefficient (Wildman–Crippen LogP) is 0.317. The summed E-state index contributed by atoms with van der Waals surface area (Å²) in [5.74, 6) is 2.21. The van der Waals surface area contributed by atoms with Crippen LogP contribution in [-0.4, -0.2) is 15.3 Å². The van der Waals surface area contributed by atoms with E-state index in [1.54, 1.807) is 12.1 Å². The molecule has 0 saturated heterocycles. The van der Waals surface area contributed by atoms with Crippen LogP contribution in [0.5, 0.6) is 0 Å². The molecule has 1 aromatic rings. The van der Waals surface area contributed by atoms with Gasteiger partial charge in [0.05, 0.1) is 0 Å². The Bertz CT molecular complexity index is 274. The molecular weight excluding hydrogens is 140 g/mol. The molecule has 0 saturated carbocycles. The molecule has 0 unspecified atom stereocenters. The monoisotopic (exact) mass is 148 g/mol. The number of rotatable bonds is 1. The van der Waals surface area contributed by atoms with Crippen LogP contribution in [0.1, 0.15) is 12.6 Å². The maximum atomic E-state index is 9.46. The van der Waals surface area contributed by atoms with Gasteiger partial charge in [-0.05, 0) is 19.1 Å². The van der Waals surface area contributed by atoms with Gasteiger partial charge in [0.15, 0.2) is 5.60 Å². The van der Waals surface area contributed by atoms with Gasteiger partial charge in [0.25, 0.3) is 0 Å². The number of hydrogen-bond donors (Lipinski definition) is 1. The van der Waals surface area contributed by atoms with Gasteiger partial charge >= 0.3 is 0 Å². The highest BCUT2D eigenvalue weighted by molar-refractivity contribution is 5.20. The molecule has 0 aromatic carbocycles. The van der Waals surface area contributed by atoms with Crippen LogP contribution < -0.4 is 0 Å². The second kappa shape index (κ2) is 2.69. The van der Waals surface area contributed by atoms with Crippen molar-refractivity contribution in [3.8, 4) is 12.3 Å². The number of hydrogen-bond acceptors (Lipinski definition) is 3. The molecule has 3 heteroatoms. The molecule has 0 radical (unpaired) electrons. The van der Waals surface area contributed by atoms with E-state index in [4.69, 9.17) is 6.42 Å². The molecule has 3 nitrogen and oxygen atoms in total. The molecule has 0 amide bonds. The van der Waals surface area contributed by atoms with Crippen LogP contribution in [0.4, 0.5) is 0 Å². The van der Waals surface area contributed by atoms with E-state index in [2.05, 4.69) is 16.1 Å². The molecule has 0 aliphatic carbocycles. The van der Waals surface area contributed by atoms with E-state index in [9.17, 15) is 5.11 Å². The summed E-state index contributed by atoms with van der Waals surface area (Å²) >= 11 is 0. The summed E-state index contributed by atoms with van der Waals surface area (Å²) in [4.78, 5) is 0. The molecule has 0 aliphatic rings. The molecule has 1 N–H and O–H groups in total. The Labute approximate surface area is 65.1 Å². The smallest absolute Gasteiger partial charge is 0.166 e. The number of terminal acetylenes is 1. The highest BCUT2D eigenvalue weighted by Crippen LogP contribution is 2.14. The molecule has 11 heavy (non-hydrogen) atoms. The lowest BCUT2D eigenvalue weighted by molar-refractivity contribution is 0.116. The first kappa shape index (κ1) is 7.70. The van der Waals surface area contributed by atoms with Gasteiger partial charge < -0.3 is 5.11 Å². The standard InChI is InChI=1S/C8H8N2O/c1-3-8(2,11)7-5-4-6-9-10-7/h1,4-6,11H,2H3/t8-/m1/s1. The molecule has 0 fully saturated rings. The van der Waals surface area contributed by atoms with Gasteiger partial charge in [-0.1, -0.05) is 5.92 Å². The fraction of sp³-hybridized carbons (Fsp3) is 0.250. The van der Waals surface area contributed by atoms with Crippen LogP contribution in [0.3, 0.4) is 0 Å². The first-order chi connectivity index (χ1) is 5.17. The highest BCUT2D eigenvalue weighted by atomic mass is 16.3. The Morgan fingerprint density at radius 3 is 2.91 bits per heavy atom. The van der Waals surface area contributed by atoms with Crippen molar-refractivity contribution in [1.82, 2.24) is 10.2 Å². The summed E-state index contributed by atoms with van der Waals surface area (Å²) < 4.78 is 0. The van der Waals surface area contributed by atoms with Gasteiger partial charge in [-0.25, -0.2) is 0 Å². The first-order valence-electron chi connectivity index (χ1n) is 3.15. The molecule has 1 heterocycles. The van der Waals surface area contributed by atoms with Crippen molar-refractivity contribution >= 4 is 0 Å². The molecule has 0 spiro atoms. The second-order valence-electron chi connectivity index (χ2n) is 2.33. The van der Waals surface area contributed by atoms with Gasteiger partial charge in [0.1, 0.15) is 5.69 Å². The van der Waals surface area contributed by atoms with E-state index in [0.717, 1.165) is 0 Å². The normalized spacial score (nSPS) is 15.0. The Morgan fingerprint density at radius 2 is 2.45 bits per heavy atom. The topological polar surface area (TPSA) is 46.0 Å². The fourth-order valence-electron chi connectivity index (χ4n) is 0.635. The number of aromatic nitrogens is 2. The average molecular weight is 148 g/mol. The molecule has 0 bridgehead atoms. The lowest BCUT2D eigenvalue weighted by Gasteiger charge is -2.13. The van der Waals surface area contributed by atoms with Crippen molar-refractivity contribution in [3.63, 3.8) is 0 Å². The molecule has 1 aromatic heterocycles. The third-order valence-corrected chi connectivity index (χ3v) is 1.35. The molecular formula is C8H8N2O. The third kappa shape index (κ3) is 1.54. The van der Waals surface area contributed by atoms with Crippen molar-refractivity contribution < 1.29 is 5.11 Å². The third-order valence-electron chi connectivity index (χ3n) is 1.35. The van der Waals surface area contributed by atoms with Gasteiger partial charge in [-0.3, -0.25) is 0 Å². The fourth-order valence-corrected chi connectivity index (χ4v) is 0.635. The zero-order valence-corrected chi connectivity index (χ0v) is 6.15. The SMILES string of the molecule is C#C[C@@](C)(O)c1cccnn1. The van der Waals surface area contributed by atoms with Crippen LogP contribution in [0, 0.1) is 12.3 Å². The zero-order chi connectivity index (χ0) is 8.32. The van der Waals surface area contributed by atoms with E-state index in [0.29, 0.717) is 5.69 Å². The summed E-state index contributed by atoms with van der Waals surface area (Å²) in [6.07, 6.45) is 6.59. The summed E-state index contributed by atoms with van der Waals surface area (Å²) in [6, 6.07) is 3.31. The summed E-state index contributed by atoms with van der Waals surface area (Å²) in [5, 5.41) is 16.7. The van der Waals surface area contributed by atoms with Crippen molar-refractivity contribution in [3.05, 3.63) is 24.0 Å². The van der Waals surface area contributed by atoms with Gasteiger partial charge in [0, 0.05) is 6.20 Å². The van der Waals surface area contributed by atoms with Gasteiger partial charge in [-0.2, -0.15) is 10.2 Å². The highest BCUT2D eigenvalue weighted by Gasteiger charge is 2.20. The minimum atomic E-state index is -1.31. The average Bonchev–Trinajstić information content (AvgIpc) is 2.06. The predicted molar refractivity (Wildman–Crippen MR) is 40.4 cm³/mol. The minimum absolute atomic E-state index is 0.391. The van der Waals surface area contributed by atoms with E-state index >= 15 is 0 Å². The quantitative estimate of drug-likeness (QED) is 0.583. The minimum Gasteiger partial charge on any atom is -0.372 e. The van der Waals surface area contributed by atoms with Gasteiger partial charge in [-0.15, -0.1) is 6.42 Å². The lowest BCUT2D eigenvalue weighted by atomic mass is 10.0. The first-order valence-corrected chi connectivity index (χ1v) is 3.15. The Kier molecular flexibility index (Phi) is 1.88. The van der Waals surface area contributed by atoms with Crippen LogP contribution in [0.2, 0.25) is 0 Å². The van der Waals surface area contributed by atoms with Crippen molar-refractivity contribution in [1.29, 1.82) is 0 Å². The van der Waals surface area contributed by atoms with Crippen LogP contribution in [0.15, 0.2) is 18.3 Å². The summed E-state index contributed by atoms with van der Waals surface area (Å²) in [6.45, 7) is 1.50.